The van der Waals surface area contributed by atoms with E-state index < -0.39 is 0 Å². The van der Waals surface area contributed by atoms with Gasteiger partial charge in [-0.05, 0) is 68.9 Å². The first kappa shape index (κ1) is 23.7. The molecule has 5 nitrogen and oxygen atoms in total. The van der Waals surface area contributed by atoms with Crippen LogP contribution >= 0.6 is 22.7 Å². The molecule has 180 valence electrons. The molecular formula is C28H28N2O3S2. The summed E-state index contributed by atoms with van der Waals surface area (Å²) >= 11 is 3.17. The molecule has 1 aliphatic rings. The van der Waals surface area contributed by atoms with Crippen LogP contribution in [0.3, 0.4) is 0 Å². The standard InChI is InChI=1S/C28H28N2O3S2/c1-4-17-11-12-19-24(14-17)35-27(25(19)28(32)33-5-2)30-26(31)20-15-22(23-13-10-16(3)34-23)29-21-9-7-6-8-18(20)21/h6-10,13,15,17H,4-5,11-12,14H2,1-3H3,(H,30,31)/t17-/m0/s1. The molecule has 3 heterocycles. The predicted octanol–water partition coefficient (Wildman–Crippen LogP) is 7.28. The number of carbonyl (C=O) groups excluding carboxylic acids is 2. The maximum Gasteiger partial charge on any atom is 0.341 e. The van der Waals surface area contributed by atoms with Gasteiger partial charge in [0.2, 0.25) is 0 Å². The summed E-state index contributed by atoms with van der Waals surface area (Å²) in [5, 5.41) is 4.46. The van der Waals surface area contributed by atoms with E-state index in [1.165, 1.54) is 21.1 Å². The Balaban J connectivity index is 1.56. The highest BCUT2D eigenvalue weighted by molar-refractivity contribution is 7.17. The van der Waals surface area contributed by atoms with E-state index in [0.717, 1.165) is 52.7 Å². The molecule has 1 amide bonds. The number of esters is 1. The fourth-order valence-corrected chi connectivity index (χ4v) is 6.92. The van der Waals surface area contributed by atoms with Gasteiger partial charge in [0, 0.05) is 15.1 Å². The second-order valence-corrected chi connectivity index (χ2v) is 11.3. The highest BCUT2D eigenvalue weighted by atomic mass is 32.1. The number of nitrogens with zero attached hydrogens (tertiary/aromatic N) is 1. The molecule has 0 saturated heterocycles. The third kappa shape index (κ3) is 4.62. The first-order valence-corrected chi connectivity index (χ1v) is 13.7. The number of para-hydroxylation sites is 1. The van der Waals surface area contributed by atoms with Gasteiger partial charge in [-0.3, -0.25) is 4.79 Å². The molecule has 0 unspecified atom stereocenters. The number of pyridine rings is 1. The SMILES string of the molecule is CCOC(=O)c1c(NC(=O)c2cc(-c3ccc(C)s3)nc3ccccc23)sc2c1CC[C@H](CC)C2. The van der Waals surface area contributed by atoms with Crippen molar-refractivity contribution in [2.24, 2.45) is 5.92 Å². The number of aryl methyl sites for hydroxylation is 1. The number of nitrogens with one attached hydrogen (secondary N) is 1. The van der Waals surface area contributed by atoms with Gasteiger partial charge >= 0.3 is 5.97 Å². The Morgan fingerprint density at radius 2 is 1.97 bits per heavy atom. The smallest absolute Gasteiger partial charge is 0.341 e. The van der Waals surface area contributed by atoms with Crippen molar-refractivity contribution >= 4 is 50.5 Å². The zero-order chi connectivity index (χ0) is 24.5. The number of ether oxygens (including phenoxy) is 1. The molecule has 1 atom stereocenters. The number of rotatable bonds is 6. The summed E-state index contributed by atoms with van der Waals surface area (Å²) in [6.07, 6.45) is 3.95. The molecule has 7 heteroatoms. The molecule has 5 rings (SSSR count). The van der Waals surface area contributed by atoms with Gasteiger partial charge in [0.05, 0.1) is 33.8 Å². The monoisotopic (exact) mass is 504 g/mol. The van der Waals surface area contributed by atoms with Crippen LogP contribution in [-0.2, 0) is 17.6 Å². The number of benzene rings is 1. The van der Waals surface area contributed by atoms with Crippen LogP contribution in [0.2, 0.25) is 0 Å². The average molecular weight is 505 g/mol. The summed E-state index contributed by atoms with van der Waals surface area (Å²) in [5.41, 5.74) is 3.66. The lowest BCUT2D eigenvalue weighted by molar-refractivity contribution is 0.0526. The molecule has 0 spiro atoms. The minimum atomic E-state index is -0.357. The summed E-state index contributed by atoms with van der Waals surface area (Å²) in [7, 11) is 0. The Kier molecular flexibility index (Phi) is 6.71. The van der Waals surface area contributed by atoms with Crippen molar-refractivity contribution < 1.29 is 14.3 Å². The van der Waals surface area contributed by atoms with E-state index in [9.17, 15) is 9.59 Å². The van der Waals surface area contributed by atoms with Crippen molar-refractivity contribution in [2.75, 3.05) is 11.9 Å². The molecule has 35 heavy (non-hydrogen) atoms. The quantitative estimate of drug-likeness (QED) is 0.280. The largest absolute Gasteiger partial charge is 0.462 e. The molecule has 0 radical (unpaired) electrons. The van der Waals surface area contributed by atoms with Crippen molar-refractivity contribution in [3.05, 3.63) is 68.9 Å². The van der Waals surface area contributed by atoms with E-state index >= 15 is 0 Å². The lowest BCUT2D eigenvalue weighted by Gasteiger charge is -2.20. The summed E-state index contributed by atoms with van der Waals surface area (Å²) in [5.74, 6) is 0.0135. The number of aromatic nitrogens is 1. The van der Waals surface area contributed by atoms with Crippen molar-refractivity contribution in [3.63, 3.8) is 0 Å². The van der Waals surface area contributed by atoms with Crippen LogP contribution in [0, 0.1) is 12.8 Å². The Labute approximate surface area is 213 Å². The molecule has 1 aromatic carbocycles. The number of hydrogen-bond acceptors (Lipinski definition) is 6. The lowest BCUT2D eigenvalue weighted by atomic mass is 9.85. The van der Waals surface area contributed by atoms with Gasteiger partial charge < -0.3 is 10.1 Å². The normalized spacial score (nSPS) is 15.1. The van der Waals surface area contributed by atoms with Crippen molar-refractivity contribution in [2.45, 2.75) is 46.5 Å². The van der Waals surface area contributed by atoms with Crippen molar-refractivity contribution in [1.82, 2.24) is 4.98 Å². The number of carbonyl (C=O) groups is 2. The second kappa shape index (κ2) is 9.91. The van der Waals surface area contributed by atoms with Gasteiger partial charge in [-0.1, -0.05) is 31.5 Å². The Morgan fingerprint density at radius 3 is 2.71 bits per heavy atom. The zero-order valence-corrected chi connectivity index (χ0v) is 21.8. The van der Waals surface area contributed by atoms with Crippen LogP contribution in [0.15, 0.2) is 42.5 Å². The minimum absolute atomic E-state index is 0.241. The average Bonchev–Trinajstić information content (AvgIpc) is 3.45. The Morgan fingerprint density at radius 1 is 1.14 bits per heavy atom. The van der Waals surface area contributed by atoms with Crippen LogP contribution in [0.1, 0.15) is 62.7 Å². The molecule has 3 aromatic heterocycles. The Bertz CT molecular complexity index is 1420. The maximum absolute atomic E-state index is 13.7. The number of fused-ring (bicyclic) bond motifs is 2. The van der Waals surface area contributed by atoms with E-state index in [2.05, 4.69) is 25.2 Å². The van der Waals surface area contributed by atoms with E-state index in [-0.39, 0.29) is 11.9 Å². The molecule has 0 fully saturated rings. The van der Waals surface area contributed by atoms with Gasteiger partial charge in [0.1, 0.15) is 5.00 Å². The molecule has 4 aromatic rings. The highest BCUT2D eigenvalue weighted by Gasteiger charge is 2.30. The van der Waals surface area contributed by atoms with Crippen LogP contribution in [0.4, 0.5) is 5.00 Å². The van der Waals surface area contributed by atoms with Gasteiger partial charge in [-0.25, -0.2) is 9.78 Å². The van der Waals surface area contributed by atoms with Crippen LogP contribution in [0.25, 0.3) is 21.5 Å². The summed E-state index contributed by atoms with van der Waals surface area (Å²) in [4.78, 5) is 34.9. The molecular weight excluding hydrogens is 476 g/mol. The molecule has 1 aliphatic carbocycles. The van der Waals surface area contributed by atoms with Crippen LogP contribution < -0.4 is 5.32 Å². The first-order chi connectivity index (χ1) is 17.0. The third-order valence-corrected chi connectivity index (χ3v) is 8.80. The van der Waals surface area contributed by atoms with Crippen LogP contribution in [0.5, 0.6) is 0 Å². The van der Waals surface area contributed by atoms with E-state index in [4.69, 9.17) is 9.72 Å². The first-order valence-electron chi connectivity index (χ1n) is 12.1. The summed E-state index contributed by atoms with van der Waals surface area (Å²) in [6, 6.07) is 13.6. The Hall–Kier alpha value is -3.03. The fourth-order valence-electron chi connectivity index (χ4n) is 4.74. The zero-order valence-electron chi connectivity index (χ0n) is 20.1. The number of thiophene rings is 2. The van der Waals surface area contributed by atoms with E-state index in [0.29, 0.717) is 28.7 Å². The van der Waals surface area contributed by atoms with Gasteiger partial charge in [0.25, 0.3) is 5.91 Å². The second-order valence-electron chi connectivity index (χ2n) is 8.88. The number of anilines is 1. The van der Waals surface area contributed by atoms with Gasteiger partial charge in [0.15, 0.2) is 0 Å². The number of hydrogen-bond donors (Lipinski definition) is 1. The van der Waals surface area contributed by atoms with Crippen molar-refractivity contribution in [3.8, 4) is 10.6 Å². The topological polar surface area (TPSA) is 68.3 Å². The molecule has 0 bridgehead atoms. The molecule has 1 N–H and O–H groups in total. The van der Waals surface area contributed by atoms with Crippen LogP contribution in [-0.4, -0.2) is 23.5 Å². The minimum Gasteiger partial charge on any atom is -0.462 e. The van der Waals surface area contributed by atoms with E-state index in [1.54, 1.807) is 18.3 Å². The third-order valence-electron chi connectivity index (χ3n) is 6.60. The fraction of sp³-hybridized carbons (Fsp3) is 0.321. The summed E-state index contributed by atoms with van der Waals surface area (Å²) in [6.45, 7) is 6.37. The molecule has 0 saturated carbocycles. The number of amides is 1. The van der Waals surface area contributed by atoms with Gasteiger partial charge in [-0.15, -0.1) is 22.7 Å². The summed E-state index contributed by atoms with van der Waals surface area (Å²) < 4.78 is 5.39. The van der Waals surface area contributed by atoms with Gasteiger partial charge in [-0.2, -0.15) is 0 Å². The van der Waals surface area contributed by atoms with Crippen molar-refractivity contribution in [1.29, 1.82) is 0 Å². The van der Waals surface area contributed by atoms with E-state index in [1.807, 2.05) is 36.4 Å². The predicted molar refractivity (Wildman–Crippen MR) is 144 cm³/mol. The maximum atomic E-state index is 13.7. The molecule has 0 aliphatic heterocycles. The highest BCUT2D eigenvalue weighted by Crippen LogP contribution is 2.41. The lowest BCUT2D eigenvalue weighted by Crippen LogP contribution is -2.17.